The Kier molecular flexibility index (Phi) is 5.55. The van der Waals surface area contributed by atoms with Crippen molar-refractivity contribution >= 4 is 27.5 Å². The van der Waals surface area contributed by atoms with Crippen molar-refractivity contribution in [3.05, 3.63) is 40.5 Å². The number of hydrogen-bond donors (Lipinski definition) is 2. The highest BCUT2D eigenvalue weighted by Crippen LogP contribution is 2.38. The molecule has 1 aromatic carbocycles. The van der Waals surface area contributed by atoms with E-state index in [4.69, 9.17) is 16.1 Å². The van der Waals surface area contributed by atoms with Crippen molar-refractivity contribution in [2.75, 3.05) is 7.05 Å². The van der Waals surface area contributed by atoms with E-state index in [-0.39, 0.29) is 21.4 Å². The van der Waals surface area contributed by atoms with Crippen LogP contribution in [0.25, 0.3) is 0 Å². The summed E-state index contributed by atoms with van der Waals surface area (Å²) in [5.41, 5.74) is 0.0561. The zero-order chi connectivity index (χ0) is 19.8. The van der Waals surface area contributed by atoms with Crippen molar-refractivity contribution < 1.29 is 17.7 Å². The van der Waals surface area contributed by atoms with Gasteiger partial charge < -0.3 is 9.84 Å². The van der Waals surface area contributed by atoms with Crippen molar-refractivity contribution in [2.24, 2.45) is 5.92 Å². The average Bonchev–Trinajstić information content (AvgIpc) is 3.37. The molecular weight excluding hydrogens is 392 g/mol. The van der Waals surface area contributed by atoms with Gasteiger partial charge in [-0.3, -0.25) is 4.79 Å². The monoisotopic (exact) mass is 412 g/mol. The fourth-order valence-electron chi connectivity index (χ4n) is 2.58. The van der Waals surface area contributed by atoms with Crippen LogP contribution in [0.1, 0.15) is 60.7 Å². The maximum Gasteiger partial charge on any atom is 0.253 e. The first-order chi connectivity index (χ1) is 12.7. The molecule has 0 saturated heterocycles. The molecule has 1 unspecified atom stereocenters. The molecule has 10 heteroatoms. The predicted molar refractivity (Wildman–Crippen MR) is 99.0 cm³/mol. The summed E-state index contributed by atoms with van der Waals surface area (Å²) in [5, 5.41) is 6.96. The molecule has 0 spiro atoms. The topological polar surface area (TPSA) is 114 Å². The quantitative estimate of drug-likeness (QED) is 0.722. The molecule has 1 aromatic heterocycles. The summed E-state index contributed by atoms with van der Waals surface area (Å²) >= 11 is 6.12. The molecular formula is C17H21ClN4O4S. The summed E-state index contributed by atoms with van der Waals surface area (Å²) in [6.07, 6.45) is 2.08. The molecule has 8 nitrogen and oxygen atoms in total. The number of carbonyl (C=O) groups excluding carboxylic acids is 1. The molecule has 1 fully saturated rings. The standard InChI is InChI=1S/C17H21ClN4O4S/c1-9(2)14(17-21-15(22-26-17)10-4-5-10)20-16(23)12-8-11(6-7-13(12)18)27(24,25)19-3/h6-10,14,19H,4-5H2,1-3H3,(H,20,23). The van der Waals surface area contributed by atoms with E-state index >= 15 is 0 Å². The number of nitrogens with zero attached hydrogens (tertiary/aromatic N) is 2. The number of hydrogen-bond acceptors (Lipinski definition) is 6. The SMILES string of the molecule is CNS(=O)(=O)c1ccc(Cl)c(C(=O)NC(c2nc(C3CC3)no2)C(C)C)c1. The number of amides is 1. The molecule has 1 aliphatic rings. The van der Waals surface area contributed by atoms with Crippen LogP contribution in [0.4, 0.5) is 0 Å². The van der Waals surface area contributed by atoms with Crippen LogP contribution in [0, 0.1) is 5.92 Å². The summed E-state index contributed by atoms with van der Waals surface area (Å²) < 4.78 is 31.5. The minimum Gasteiger partial charge on any atom is -0.340 e. The molecule has 146 valence electrons. The summed E-state index contributed by atoms with van der Waals surface area (Å²) in [5.74, 6) is 0.784. The summed E-state index contributed by atoms with van der Waals surface area (Å²) in [6.45, 7) is 3.82. The van der Waals surface area contributed by atoms with Crippen LogP contribution in [-0.4, -0.2) is 31.5 Å². The Bertz CT molecular complexity index is 954. The largest absolute Gasteiger partial charge is 0.340 e. The van der Waals surface area contributed by atoms with Crippen molar-refractivity contribution in [1.29, 1.82) is 0 Å². The lowest BCUT2D eigenvalue weighted by Gasteiger charge is -2.19. The highest BCUT2D eigenvalue weighted by Gasteiger charge is 2.32. The lowest BCUT2D eigenvalue weighted by atomic mass is 10.0. The van der Waals surface area contributed by atoms with E-state index in [1.54, 1.807) is 0 Å². The summed E-state index contributed by atoms with van der Waals surface area (Å²) in [6, 6.07) is 3.44. The van der Waals surface area contributed by atoms with E-state index < -0.39 is 22.0 Å². The van der Waals surface area contributed by atoms with Gasteiger partial charge in [0.2, 0.25) is 15.9 Å². The second kappa shape index (κ2) is 7.57. The van der Waals surface area contributed by atoms with Gasteiger partial charge in [-0.05, 0) is 44.0 Å². The number of rotatable bonds is 7. The molecule has 1 heterocycles. The third-order valence-electron chi connectivity index (χ3n) is 4.38. The lowest BCUT2D eigenvalue weighted by Crippen LogP contribution is -2.32. The number of benzene rings is 1. The Balaban J connectivity index is 1.86. The Morgan fingerprint density at radius 2 is 2.04 bits per heavy atom. The van der Waals surface area contributed by atoms with Crippen molar-refractivity contribution in [3.8, 4) is 0 Å². The first kappa shape index (κ1) is 19.8. The van der Waals surface area contributed by atoms with Crippen LogP contribution in [0.5, 0.6) is 0 Å². The smallest absolute Gasteiger partial charge is 0.253 e. The highest BCUT2D eigenvalue weighted by molar-refractivity contribution is 7.89. The Morgan fingerprint density at radius 3 is 2.63 bits per heavy atom. The second-order valence-electron chi connectivity index (χ2n) is 6.81. The number of aromatic nitrogens is 2. The molecule has 3 rings (SSSR count). The molecule has 2 aromatic rings. The average molecular weight is 413 g/mol. The Labute approximate surface area is 162 Å². The Hall–Kier alpha value is -1.97. The van der Waals surface area contributed by atoms with Crippen LogP contribution in [0.2, 0.25) is 5.02 Å². The first-order valence-corrected chi connectivity index (χ1v) is 10.5. The molecule has 1 aliphatic carbocycles. The number of carbonyl (C=O) groups is 1. The first-order valence-electron chi connectivity index (χ1n) is 8.60. The number of halogens is 1. The Morgan fingerprint density at radius 1 is 1.33 bits per heavy atom. The van der Waals surface area contributed by atoms with E-state index in [9.17, 15) is 13.2 Å². The predicted octanol–water partition coefficient (Wildman–Crippen LogP) is 2.64. The third-order valence-corrected chi connectivity index (χ3v) is 6.12. The zero-order valence-electron chi connectivity index (χ0n) is 15.2. The fourth-order valence-corrected chi connectivity index (χ4v) is 3.54. The molecule has 0 radical (unpaired) electrons. The fraction of sp³-hybridized carbons (Fsp3) is 0.471. The van der Waals surface area contributed by atoms with Gasteiger partial charge in [0.05, 0.1) is 15.5 Å². The van der Waals surface area contributed by atoms with Gasteiger partial charge in [-0.2, -0.15) is 4.98 Å². The normalized spacial score (nSPS) is 15.7. The maximum absolute atomic E-state index is 12.8. The van der Waals surface area contributed by atoms with E-state index in [1.165, 1.54) is 25.2 Å². The van der Waals surface area contributed by atoms with Crippen molar-refractivity contribution in [1.82, 2.24) is 20.2 Å². The van der Waals surface area contributed by atoms with Crippen LogP contribution >= 0.6 is 11.6 Å². The molecule has 0 aliphatic heterocycles. The minimum absolute atomic E-state index is 0.0237. The van der Waals surface area contributed by atoms with Crippen LogP contribution in [0.15, 0.2) is 27.6 Å². The molecule has 1 atom stereocenters. The zero-order valence-corrected chi connectivity index (χ0v) is 16.8. The van der Waals surface area contributed by atoms with E-state index in [0.717, 1.165) is 12.8 Å². The van der Waals surface area contributed by atoms with Gasteiger partial charge in [-0.1, -0.05) is 30.6 Å². The molecule has 1 saturated carbocycles. The van der Waals surface area contributed by atoms with E-state index in [1.807, 2.05) is 13.8 Å². The van der Waals surface area contributed by atoms with Gasteiger partial charge in [-0.15, -0.1) is 0 Å². The number of sulfonamides is 1. The van der Waals surface area contributed by atoms with Gasteiger partial charge in [0, 0.05) is 5.92 Å². The van der Waals surface area contributed by atoms with Crippen molar-refractivity contribution in [3.63, 3.8) is 0 Å². The van der Waals surface area contributed by atoms with Crippen LogP contribution < -0.4 is 10.0 Å². The summed E-state index contributed by atoms with van der Waals surface area (Å²) in [4.78, 5) is 17.1. The van der Waals surface area contributed by atoms with Gasteiger partial charge in [-0.25, -0.2) is 13.1 Å². The minimum atomic E-state index is -3.70. The highest BCUT2D eigenvalue weighted by atomic mass is 35.5. The molecule has 2 N–H and O–H groups in total. The van der Waals surface area contributed by atoms with Gasteiger partial charge >= 0.3 is 0 Å². The molecule has 0 bridgehead atoms. The van der Waals surface area contributed by atoms with Crippen LogP contribution in [-0.2, 0) is 10.0 Å². The van der Waals surface area contributed by atoms with Crippen molar-refractivity contribution in [2.45, 2.75) is 43.5 Å². The van der Waals surface area contributed by atoms with E-state index in [2.05, 4.69) is 20.2 Å². The second-order valence-corrected chi connectivity index (χ2v) is 9.10. The maximum atomic E-state index is 12.8. The van der Waals surface area contributed by atoms with Gasteiger partial charge in [0.1, 0.15) is 6.04 Å². The summed E-state index contributed by atoms with van der Waals surface area (Å²) in [7, 11) is -2.40. The molecule has 1 amide bonds. The third kappa shape index (κ3) is 4.31. The number of nitrogens with one attached hydrogen (secondary N) is 2. The van der Waals surface area contributed by atoms with Gasteiger partial charge in [0.15, 0.2) is 5.82 Å². The lowest BCUT2D eigenvalue weighted by molar-refractivity contribution is 0.0914. The molecule has 27 heavy (non-hydrogen) atoms. The van der Waals surface area contributed by atoms with Gasteiger partial charge in [0.25, 0.3) is 5.91 Å². The van der Waals surface area contributed by atoms with Crippen LogP contribution in [0.3, 0.4) is 0 Å². The van der Waals surface area contributed by atoms with E-state index in [0.29, 0.717) is 17.6 Å².